The highest BCUT2D eigenvalue weighted by Gasteiger charge is 2.43. The molecule has 0 unspecified atom stereocenters. The second-order valence-corrected chi connectivity index (χ2v) is 5.81. The van der Waals surface area contributed by atoms with Crippen molar-refractivity contribution in [3.05, 3.63) is 40.2 Å². The maximum atomic E-state index is 11.5. The van der Waals surface area contributed by atoms with E-state index in [1.165, 1.54) is 12.1 Å². The van der Waals surface area contributed by atoms with Crippen LogP contribution in [0.2, 0.25) is 0 Å². The average Bonchev–Trinajstić information content (AvgIpc) is 2.55. The molecule has 1 aliphatic rings. The molecule has 0 aliphatic carbocycles. The van der Waals surface area contributed by atoms with Crippen LogP contribution in [0.25, 0.3) is 11.0 Å². The predicted octanol–water partition coefficient (Wildman–Crippen LogP) is -0.753. The highest BCUT2D eigenvalue weighted by molar-refractivity contribution is 5.81. The Morgan fingerprint density at radius 2 is 2.00 bits per heavy atom. The van der Waals surface area contributed by atoms with Gasteiger partial charge < -0.3 is 34.9 Å². The maximum absolute atomic E-state index is 11.5. The van der Waals surface area contributed by atoms with Crippen molar-refractivity contribution in [1.82, 2.24) is 0 Å². The first-order valence-electron chi connectivity index (χ1n) is 7.50. The van der Waals surface area contributed by atoms with Crippen LogP contribution in [0, 0.1) is 6.92 Å². The Morgan fingerprint density at radius 1 is 1.25 bits per heavy atom. The van der Waals surface area contributed by atoms with Crippen LogP contribution >= 0.6 is 0 Å². The second kappa shape index (κ2) is 6.50. The summed E-state index contributed by atoms with van der Waals surface area (Å²) in [5, 5.41) is 29.7. The van der Waals surface area contributed by atoms with Crippen LogP contribution in [0.4, 0.5) is 0 Å². The molecule has 5 N–H and O–H groups in total. The van der Waals surface area contributed by atoms with E-state index in [-0.39, 0.29) is 0 Å². The van der Waals surface area contributed by atoms with E-state index < -0.39 is 42.9 Å². The monoisotopic (exact) mass is 337 g/mol. The van der Waals surface area contributed by atoms with Crippen LogP contribution in [0.3, 0.4) is 0 Å². The minimum atomic E-state index is -1.30. The van der Waals surface area contributed by atoms with Gasteiger partial charge in [0.25, 0.3) is 0 Å². The van der Waals surface area contributed by atoms with E-state index in [4.69, 9.17) is 19.6 Å². The lowest BCUT2D eigenvalue weighted by Gasteiger charge is -2.40. The van der Waals surface area contributed by atoms with Gasteiger partial charge in [-0.05, 0) is 24.6 Å². The molecule has 8 nitrogen and oxygen atoms in total. The van der Waals surface area contributed by atoms with Crippen molar-refractivity contribution >= 4 is 11.0 Å². The minimum Gasteiger partial charge on any atom is -0.463 e. The molecule has 0 bridgehead atoms. The van der Waals surface area contributed by atoms with Gasteiger partial charge in [0.05, 0.1) is 12.6 Å². The van der Waals surface area contributed by atoms with E-state index in [1.54, 1.807) is 19.1 Å². The van der Waals surface area contributed by atoms with Crippen molar-refractivity contribution in [2.45, 2.75) is 37.6 Å². The third kappa shape index (κ3) is 3.02. The van der Waals surface area contributed by atoms with Crippen LogP contribution in [0.15, 0.2) is 33.5 Å². The van der Waals surface area contributed by atoms with Gasteiger partial charge in [-0.3, -0.25) is 0 Å². The Bertz CT molecular complexity index is 788. The Hall–Kier alpha value is -1.97. The molecule has 0 radical (unpaired) electrons. The third-order valence-electron chi connectivity index (χ3n) is 4.10. The van der Waals surface area contributed by atoms with Crippen molar-refractivity contribution < 1.29 is 29.2 Å². The van der Waals surface area contributed by atoms with Crippen molar-refractivity contribution in [2.75, 3.05) is 6.61 Å². The summed E-state index contributed by atoms with van der Waals surface area (Å²) in [5.41, 5.74) is 6.48. The molecule has 1 saturated heterocycles. The van der Waals surface area contributed by atoms with E-state index in [0.29, 0.717) is 11.3 Å². The Labute approximate surface area is 137 Å². The van der Waals surface area contributed by atoms with Gasteiger partial charge in [0.1, 0.15) is 29.6 Å². The zero-order chi connectivity index (χ0) is 17.4. The summed E-state index contributed by atoms with van der Waals surface area (Å²) in [6.45, 7) is 1.31. The molecular formula is C16H19NO7. The van der Waals surface area contributed by atoms with Crippen LogP contribution in [0.5, 0.6) is 5.75 Å². The lowest BCUT2D eigenvalue weighted by Crippen LogP contribution is -2.63. The number of ether oxygens (including phenoxy) is 2. The lowest BCUT2D eigenvalue weighted by molar-refractivity contribution is -0.239. The highest BCUT2D eigenvalue weighted by Crippen LogP contribution is 2.26. The van der Waals surface area contributed by atoms with Crippen LogP contribution in [-0.4, -0.2) is 52.6 Å². The van der Waals surface area contributed by atoms with E-state index in [0.717, 1.165) is 10.9 Å². The number of aryl methyl sites for hydroxylation is 1. The number of rotatable bonds is 3. The molecule has 1 aromatic heterocycles. The molecule has 0 spiro atoms. The topological polar surface area (TPSA) is 135 Å². The molecular weight excluding hydrogens is 318 g/mol. The zero-order valence-corrected chi connectivity index (χ0v) is 13.0. The predicted molar refractivity (Wildman–Crippen MR) is 83.6 cm³/mol. The number of aliphatic hydroxyl groups excluding tert-OH is 3. The Balaban J connectivity index is 1.87. The summed E-state index contributed by atoms with van der Waals surface area (Å²) < 4.78 is 16.2. The van der Waals surface area contributed by atoms with Gasteiger partial charge in [-0.25, -0.2) is 4.79 Å². The molecule has 0 saturated carbocycles. The number of hydrogen-bond donors (Lipinski definition) is 4. The zero-order valence-electron chi connectivity index (χ0n) is 13.0. The standard InChI is InChI=1S/C16H19NO7/c1-7-4-12(19)23-10-5-8(2-3-9(7)10)22-16-13(17)15(21)14(20)11(6-18)24-16/h2-5,11,13-16,18,20-21H,6,17H2,1H3/t11-,13-,14+,15-,16-/m0/s1. The van der Waals surface area contributed by atoms with E-state index in [9.17, 15) is 20.1 Å². The Morgan fingerprint density at radius 3 is 2.71 bits per heavy atom. The van der Waals surface area contributed by atoms with Crippen molar-refractivity contribution in [3.63, 3.8) is 0 Å². The summed E-state index contributed by atoms with van der Waals surface area (Å²) in [6, 6.07) is 5.28. The van der Waals surface area contributed by atoms with Crippen molar-refractivity contribution in [2.24, 2.45) is 5.73 Å². The van der Waals surface area contributed by atoms with Crippen molar-refractivity contribution in [3.8, 4) is 5.75 Å². The maximum Gasteiger partial charge on any atom is 0.336 e. The number of nitrogens with two attached hydrogens (primary N) is 1. The second-order valence-electron chi connectivity index (χ2n) is 5.81. The summed E-state index contributed by atoms with van der Waals surface area (Å²) in [5.74, 6) is 0.317. The molecule has 2 heterocycles. The van der Waals surface area contributed by atoms with E-state index in [1.807, 2.05) is 0 Å². The molecule has 130 valence electrons. The fraction of sp³-hybridized carbons (Fsp3) is 0.438. The number of benzene rings is 1. The smallest absolute Gasteiger partial charge is 0.336 e. The summed E-state index contributed by atoms with van der Waals surface area (Å²) in [7, 11) is 0. The van der Waals surface area contributed by atoms with Crippen LogP contribution in [-0.2, 0) is 4.74 Å². The summed E-state index contributed by atoms with van der Waals surface area (Å²) >= 11 is 0. The first-order chi connectivity index (χ1) is 11.4. The van der Waals surface area contributed by atoms with Crippen molar-refractivity contribution in [1.29, 1.82) is 0 Å². The normalized spacial score (nSPS) is 30.5. The molecule has 0 amide bonds. The van der Waals surface area contributed by atoms with E-state index >= 15 is 0 Å². The molecule has 1 aliphatic heterocycles. The fourth-order valence-electron chi connectivity index (χ4n) is 2.72. The number of hydrogen-bond acceptors (Lipinski definition) is 8. The molecule has 8 heteroatoms. The van der Waals surface area contributed by atoms with Gasteiger partial charge >= 0.3 is 5.63 Å². The van der Waals surface area contributed by atoms with E-state index in [2.05, 4.69) is 0 Å². The molecule has 1 fully saturated rings. The molecule has 2 aromatic rings. The Kier molecular flexibility index (Phi) is 4.57. The quantitative estimate of drug-likeness (QED) is 0.537. The number of fused-ring (bicyclic) bond motifs is 1. The van der Waals surface area contributed by atoms with Crippen LogP contribution < -0.4 is 16.1 Å². The SMILES string of the molecule is Cc1cc(=O)oc2cc(O[C@H]3O[C@@H](CO)[C@@H](O)[C@@H](O)[C@@H]3N)ccc12. The fourth-order valence-corrected chi connectivity index (χ4v) is 2.72. The van der Waals surface area contributed by atoms with Gasteiger partial charge in [-0.15, -0.1) is 0 Å². The van der Waals surface area contributed by atoms with Gasteiger partial charge in [0.2, 0.25) is 6.29 Å². The summed E-state index contributed by atoms with van der Waals surface area (Å²) in [4.78, 5) is 11.5. The van der Waals surface area contributed by atoms with Crippen LogP contribution in [0.1, 0.15) is 5.56 Å². The highest BCUT2D eigenvalue weighted by atomic mass is 16.7. The lowest BCUT2D eigenvalue weighted by atomic mass is 9.98. The largest absolute Gasteiger partial charge is 0.463 e. The minimum absolute atomic E-state index is 0.317. The van der Waals surface area contributed by atoms with Gasteiger partial charge in [0, 0.05) is 17.5 Å². The van der Waals surface area contributed by atoms with Gasteiger partial charge in [0.15, 0.2) is 0 Å². The molecule has 24 heavy (non-hydrogen) atoms. The molecule has 3 rings (SSSR count). The average molecular weight is 337 g/mol. The van der Waals surface area contributed by atoms with Gasteiger partial charge in [-0.1, -0.05) is 0 Å². The molecule has 1 aromatic carbocycles. The third-order valence-corrected chi connectivity index (χ3v) is 4.10. The number of aliphatic hydroxyl groups is 3. The summed E-state index contributed by atoms with van der Waals surface area (Å²) in [6.07, 6.45) is -4.69. The van der Waals surface area contributed by atoms with Gasteiger partial charge in [-0.2, -0.15) is 0 Å². The molecule has 5 atom stereocenters. The first-order valence-corrected chi connectivity index (χ1v) is 7.50. The first kappa shape index (κ1) is 16.9.